The monoisotopic (exact) mass is 491 g/mol. The van der Waals surface area contributed by atoms with Gasteiger partial charge in [0.2, 0.25) is 0 Å². The van der Waals surface area contributed by atoms with Gasteiger partial charge in [-0.2, -0.15) is 0 Å². The van der Waals surface area contributed by atoms with E-state index in [1.807, 2.05) is 48.5 Å². The first-order chi connectivity index (χ1) is 17.0. The SMILES string of the molecule is COc1ccc(N2CCC(NC(=O)c3cccc(S(=O)(=O)N4CCc5ccccc54)c3)CC2)cc1. The van der Waals surface area contributed by atoms with Crippen molar-refractivity contribution in [2.24, 2.45) is 0 Å². The highest BCUT2D eigenvalue weighted by atomic mass is 32.2. The van der Waals surface area contributed by atoms with E-state index in [4.69, 9.17) is 4.74 Å². The van der Waals surface area contributed by atoms with Gasteiger partial charge in [-0.05, 0) is 73.4 Å². The van der Waals surface area contributed by atoms with Crippen molar-refractivity contribution in [3.05, 3.63) is 83.9 Å². The van der Waals surface area contributed by atoms with E-state index in [1.54, 1.807) is 25.3 Å². The van der Waals surface area contributed by atoms with Crippen LogP contribution >= 0.6 is 0 Å². The fourth-order valence-corrected chi connectivity index (χ4v) is 6.38. The summed E-state index contributed by atoms with van der Waals surface area (Å²) in [7, 11) is -2.09. The van der Waals surface area contributed by atoms with E-state index in [1.165, 1.54) is 10.4 Å². The first kappa shape index (κ1) is 23.2. The summed E-state index contributed by atoms with van der Waals surface area (Å²) in [6.45, 7) is 2.07. The quantitative estimate of drug-likeness (QED) is 0.567. The molecule has 7 nitrogen and oxygen atoms in total. The lowest BCUT2D eigenvalue weighted by atomic mass is 10.0. The second kappa shape index (κ2) is 9.62. The van der Waals surface area contributed by atoms with Crippen molar-refractivity contribution >= 4 is 27.3 Å². The number of benzene rings is 3. The van der Waals surface area contributed by atoms with Gasteiger partial charge in [0.05, 0.1) is 17.7 Å². The number of nitrogens with one attached hydrogen (secondary N) is 1. The summed E-state index contributed by atoms with van der Waals surface area (Å²) >= 11 is 0. The Balaban J connectivity index is 1.23. The predicted molar refractivity (Wildman–Crippen MR) is 137 cm³/mol. The number of fused-ring (bicyclic) bond motifs is 1. The lowest BCUT2D eigenvalue weighted by Gasteiger charge is -2.34. The highest BCUT2D eigenvalue weighted by Crippen LogP contribution is 2.33. The average Bonchev–Trinajstić information content (AvgIpc) is 3.34. The van der Waals surface area contributed by atoms with Crippen molar-refractivity contribution in [1.29, 1.82) is 0 Å². The third kappa shape index (κ3) is 4.71. The van der Waals surface area contributed by atoms with Crippen LogP contribution in [0.4, 0.5) is 11.4 Å². The zero-order chi connectivity index (χ0) is 24.4. The minimum Gasteiger partial charge on any atom is -0.497 e. The van der Waals surface area contributed by atoms with Crippen LogP contribution in [0.15, 0.2) is 77.7 Å². The molecule has 2 aliphatic heterocycles. The molecule has 0 radical (unpaired) electrons. The van der Waals surface area contributed by atoms with Crippen LogP contribution in [0.3, 0.4) is 0 Å². The number of piperidine rings is 1. The number of carbonyl (C=O) groups is 1. The van der Waals surface area contributed by atoms with E-state index < -0.39 is 10.0 Å². The largest absolute Gasteiger partial charge is 0.497 e. The molecule has 3 aromatic rings. The smallest absolute Gasteiger partial charge is 0.264 e. The van der Waals surface area contributed by atoms with E-state index in [2.05, 4.69) is 10.2 Å². The van der Waals surface area contributed by atoms with Crippen LogP contribution in [0.1, 0.15) is 28.8 Å². The molecular weight excluding hydrogens is 462 g/mol. The fourth-order valence-electron chi connectivity index (χ4n) is 4.83. The maximum absolute atomic E-state index is 13.4. The third-order valence-electron chi connectivity index (χ3n) is 6.80. The Bertz CT molecular complexity index is 1320. The zero-order valence-electron chi connectivity index (χ0n) is 19.7. The number of anilines is 2. The van der Waals surface area contributed by atoms with Crippen molar-refractivity contribution in [2.45, 2.75) is 30.2 Å². The van der Waals surface area contributed by atoms with E-state index in [-0.39, 0.29) is 16.8 Å². The van der Waals surface area contributed by atoms with Gasteiger partial charge in [0.1, 0.15) is 5.75 Å². The Kier molecular flexibility index (Phi) is 6.38. The van der Waals surface area contributed by atoms with Gasteiger partial charge in [-0.25, -0.2) is 8.42 Å². The number of nitrogens with zero attached hydrogens (tertiary/aromatic N) is 2. The van der Waals surface area contributed by atoms with Gasteiger partial charge < -0.3 is 15.0 Å². The van der Waals surface area contributed by atoms with Gasteiger partial charge in [0.25, 0.3) is 15.9 Å². The summed E-state index contributed by atoms with van der Waals surface area (Å²) in [5, 5.41) is 3.10. The zero-order valence-corrected chi connectivity index (χ0v) is 20.5. The van der Waals surface area contributed by atoms with Crippen LogP contribution in [0, 0.1) is 0 Å². The number of hydrogen-bond donors (Lipinski definition) is 1. The molecule has 0 saturated carbocycles. The summed E-state index contributed by atoms with van der Waals surface area (Å²) in [5.74, 6) is 0.584. The van der Waals surface area contributed by atoms with Gasteiger partial charge in [-0.15, -0.1) is 0 Å². The maximum atomic E-state index is 13.4. The molecule has 2 heterocycles. The first-order valence-electron chi connectivity index (χ1n) is 11.9. The maximum Gasteiger partial charge on any atom is 0.264 e. The summed E-state index contributed by atoms with van der Waals surface area (Å²) in [6.07, 6.45) is 2.32. The topological polar surface area (TPSA) is 79.0 Å². The molecule has 3 aromatic carbocycles. The molecule has 1 fully saturated rings. The van der Waals surface area contributed by atoms with Gasteiger partial charge in [-0.1, -0.05) is 24.3 Å². The van der Waals surface area contributed by atoms with E-state index >= 15 is 0 Å². The van der Waals surface area contributed by atoms with Crippen molar-refractivity contribution in [1.82, 2.24) is 5.32 Å². The molecule has 0 spiro atoms. The van der Waals surface area contributed by atoms with Crippen molar-refractivity contribution < 1.29 is 17.9 Å². The molecule has 0 aliphatic carbocycles. The molecule has 0 aromatic heterocycles. The van der Waals surface area contributed by atoms with E-state index in [0.717, 1.165) is 42.9 Å². The Morgan fingerprint density at radius 3 is 2.43 bits per heavy atom. The van der Waals surface area contributed by atoms with Crippen molar-refractivity contribution in [2.75, 3.05) is 35.9 Å². The van der Waals surface area contributed by atoms with Crippen LogP contribution in [0.5, 0.6) is 5.75 Å². The second-order valence-corrected chi connectivity index (χ2v) is 10.8. The van der Waals surface area contributed by atoms with E-state index in [0.29, 0.717) is 24.2 Å². The van der Waals surface area contributed by atoms with Crippen LogP contribution in [-0.2, 0) is 16.4 Å². The number of methoxy groups -OCH3 is 1. The Labute approximate surface area is 206 Å². The summed E-state index contributed by atoms with van der Waals surface area (Å²) in [6, 6.07) is 21.9. The number of hydrogen-bond acceptors (Lipinski definition) is 5. The van der Waals surface area contributed by atoms with Crippen molar-refractivity contribution in [3.63, 3.8) is 0 Å². The predicted octanol–water partition coefficient (Wildman–Crippen LogP) is 3.85. The van der Waals surface area contributed by atoms with Crippen LogP contribution < -0.4 is 19.3 Å². The normalized spacial score (nSPS) is 16.1. The molecule has 1 N–H and O–H groups in total. The van der Waals surface area contributed by atoms with Gasteiger partial charge in [0.15, 0.2) is 0 Å². The number of sulfonamides is 1. The molecular formula is C27H29N3O4S. The van der Waals surface area contributed by atoms with E-state index in [9.17, 15) is 13.2 Å². The minimum atomic E-state index is -3.75. The standard InChI is InChI=1S/C27H29N3O4S/c1-34-24-11-9-23(10-12-24)29-16-14-22(15-17-29)28-27(31)21-6-4-7-25(19-21)35(32,33)30-18-13-20-5-2-3-8-26(20)30/h2-12,19,22H,13-18H2,1H3,(H,28,31). The van der Waals surface area contributed by atoms with Crippen LogP contribution in [-0.4, -0.2) is 47.1 Å². The molecule has 0 atom stereocenters. The molecule has 0 unspecified atom stereocenters. The number of rotatable bonds is 6. The molecule has 2 aliphatic rings. The van der Waals surface area contributed by atoms with Gasteiger partial charge in [-0.3, -0.25) is 9.10 Å². The molecule has 8 heteroatoms. The summed E-state index contributed by atoms with van der Waals surface area (Å²) < 4.78 is 33.4. The third-order valence-corrected chi connectivity index (χ3v) is 8.61. The Hall–Kier alpha value is -3.52. The van der Waals surface area contributed by atoms with Crippen molar-refractivity contribution in [3.8, 4) is 5.75 Å². The number of para-hydroxylation sites is 1. The summed E-state index contributed by atoms with van der Waals surface area (Å²) in [5.41, 5.74) is 3.23. The molecule has 35 heavy (non-hydrogen) atoms. The fraction of sp³-hybridized carbons (Fsp3) is 0.296. The molecule has 1 amide bonds. The highest BCUT2D eigenvalue weighted by molar-refractivity contribution is 7.92. The number of ether oxygens (including phenoxy) is 1. The molecule has 0 bridgehead atoms. The van der Waals surface area contributed by atoms with Crippen LogP contribution in [0.25, 0.3) is 0 Å². The highest BCUT2D eigenvalue weighted by Gasteiger charge is 2.31. The molecule has 1 saturated heterocycles. The Morgan fingerprint density at radius 2 is 1.69 bits per heavy atom. The lowest BCUT2D eigenvalue weighted by molar-refractivity contribution is 0.0931. The lowest BCUT2D eigenvalue weighted by Crippen LogP contribution is -2.44. The van der Waals surface area contributed by atoms with Crippen LogP contribution in [0.2, 0.25) is 0 Å². The minimum absolute atomic E-state index is 0.0442. The Morgan fingerprint density at radius 1 is 0.943 bits per heavy atom. The van der Waals surface area contributed by atoms with Gasteiger partial charge in [0, 0.05) is 36.9 Å². The molecule has 5 rings (SSSR count). The molecule has 182 valence electrons. The van der Waals surface area contributed by atoms with Gasteiger partial charge >= 0.3 is 0 Å². The first-order valence-corrected chi connectivity index (χ1v) is 13.3. The number of amides is 1. The number of carbonyl (C=O) groups excluding carboxylic acids is 1. The summed E-state index contributed by atoms with van der Waals surface area (Å²) in [4.78, 5) is 15.4. The second-order valence-electron chi connectivity index (χ2n) is 8.92. The average molecular weight is 492 g/mol.